The summed E-state index contributed by atoms with van der Waals surface area (Å²) < 4.78 is 5.60. The van der Waals surface area contributed by atoms with Crippen LogP contribution in [0.1, 0.15) is 19.4 Å². The number of nitrogens with one attached hydrogen (secondary N) is 1. The van der Waals surface area contributed by atoms with Crippen molar-refractivity contribution >= 4 is 35.6 Å². The first-order valence-electron chi connectivity index (χ1n) is 7.51. The van der Waals surface area contributed by atoms with E-state index in [2.05, 4.69) is 22.4 Å². The summed E-state index contributed by atoms with van der Waals surface area (Å²) in [6.45, 7) is 4.67. The molecule has 0 amide bonds. The molecule has 0 radical (unpaired) electrons. The van der Waals surface area contributed by atoms with Crippen molar-refractivity contribution in [2.75, 3.05) is 11.9 Å². The smallest absolute Gasteiger partial charge is 0.193 e. The number of ether oxygens (including phenoxy) is 1. The lowest BCUT2D eigenvalue weighted by molar-refractivity contribution is 0.242. The zero-order chi connectivity index (χ0) is 15.8. The van der Waals surface area contributed by atoms with Gasteiger partial charge in [0, 0.05) is 12.2 Å². The molecule has 5 heteroatoms. The van der Waals surface area contributed by atoms with E-state index in [1.807, 2.05) is 56.3 Å². The second kappa shape index (κ2) is 10.1. The van der Waals surface area contributed by atoms with Gasteiger partial charge in [0.25, 0.3) is 0 Å². The SMILES string of the molecule is CC(C)Oc1ccc(NC(N)=NCCc2ccccc2)cc1.I. The number of guanidine groups is 1. The van der Waals surface area contributed by atoms with Gasteiger partial charge in [0.15, 0.2) is 5.96 Å². The number of anilines is 1. The van der Waals surface area contributed by atoms with Gasteiger partial charge in [-0.25, -0.2) is 0 Å². The molecule has 2 aromatic rings. The Kier molecular flexibility index (Phi) is 8.47. The van der Waals surface area contributed by atoms with Crippen LogP contribution in [0.5, 0.6) is 5.75 Å². The standard InChI is InChI=1S/C18H23N3O.HI/c1-14(2)22-17-10-8-16(9-11-17)21-18(19)20-13-12-15-6-4-3-5-7-15;/h3-11,14H,12-13H2,1-2H3,(H3,19,20,21);1H. The average Bonchev–Trinajstić information content (AvgIpc) is 2.50. The number of halogens is 1. The van der Waals surface area contributed by atoms with Crippen molar-refractivity contribution in [2.24, 2.45) is 10.7 Å². The van der Waals surface area contributed by atoms with Gasteiger partial charge in [0.05, 0.1) is 6.10 Å². The van der Waals surface area contributed by atoms with Crippen molar-refractivity contribution < 1.29 is 4.74 Å². The second-order valence-corrected chi connectivity index (χ2v) is 5.32. The second-order valence-electron chi connectivity index (χ2n) is 5.32. The molecule has 0 aliphatic heterocycles. The monoisotopic (exact) mass is 425 g/mol. The number of rotatable bonds is 6. The summed E-state index contributed by atoms with van der Waals surface area (Å²) >= 11 is 0. The van der Waals surface area contributed by atoms with E-state index in [1.54, 1.807) is 0 Å². The van der Waals surface area contributed by atoms with Gasteiger partial charge in [-0.1, -0.05) is 30.3 Å². The highest BCUT2D eigenvalue weighted by atomic mass is 127. The number of benzene rings is 2. The molecule has 0 aromatic heterocycles. The van der Waals surface area contributed by atoms with Crippen LogP contribution in [-0.2, 0) is 6.42 Å². The van der Waals surface area contributed by atoms with Crippen molar-refractivity contribution in [1.29, 1.82) is 0 Å². The van der Waals surface area contributed by atoms with E-state index < -0.39 is 0 Å². The molecule has 0 spiro atoms. The Morgan fingerprint density at radius 3 is 2.35 bits per heavy atom. The largest absolute Gasteiger partial charge is 0.491 e. The molecule has 2 rings (SSSR count). The molecule has 0 saturated carbocycles. The van der Waals surface area contributed by atoms with Crippen molar-refractivity contribution in [1.82, 2.24) is 0 Å². The lowest BCUT2D eigenvalue weighted by atomic mass is 10.2. The van der Waals surface area contributed by atoms with Gasteiger partial charge in [-0.2, -0.15) is 0 Å². The molecule has 0 heterocycles. The van der Waals surface area contributed by atoms with Gasteiger partial charge >= 0.3 is 0 Å². The fourth-order valence-corrected chi connectivity index (χ4v) is 2.03. The lowest BCUT2D eigenvalue weighted by Crippen LogP contribution is -2.23. The summed E-state index contributed by atoms with van der Waals surface area (Å²) in [7, 11) is 0. The molecular formula is C18H24IN3O. The number of hydrogen-bond acceptors (Lipinski definition) is 2. The summed E-state index contributed by atoms with van der Waals surface area (Å²) in [5, 5.41) is 3.08. The Hall–Kier alpha value is -1.76. The maximum absolute atomic E-state index is 5.90. The van der Waals surface area contributed by atoms with Crippen LogP contribution in [0.4, 0.5) is 5.69 Å². The molecule has 124 valence electrons. The molecule has 0 bridgehead atoms. The Bertz CT molecular complexity index is 597. The summed E-state index contributed by atoms with van der Waals surface area (Å²) in [4.78, 5) is 4.34. The average molecular weight is 425 g/mol. The van der Waals surface area contributed by atoms with E-state index >= 15 is 0 Å². The maximum Gasteiger partial charge on any atom is 0.193 e. The third-order valence-corrected chi connectivity index (χ3v) is 3.02. The van der Waals surface area contributed by atoms with E-state index in [4.69, 9.17) is 10.5 Å². The van der Waals surface area contributed by atoms with E-state index in [9.17, 15) is 0 Å². The molecule has 3 N–H and O–H groups in total. The summed E-state index contributed by atoms with van der Waals surface area (Å²) in [5.41, 5.74) is 8.05. The first-order valence-corrected chi connectivity index (χ1v) is 7.51. The molecule has 0 atom stereocenters. The minimum atomic E-state index is 0. The van der Waals surface area contributed by atoms with Crippen LogP contribution < -0.4 is 15.8 Å². The van der Waals surface area contributed by atoms with Gasteiger partial charge in [0.1, 0.15) is 5.75 Å². The Morgan fingerprint density at radius 2 is 1.74 bits per heavy atom. The zero-order valence-electron chi connectivity index (χ0n) is 13.5. The van der Waals surface area contributed by atoms with Crippen molar-refractivity contribution in [2.45, 2.75) is 26.4 Å². The van der Waals surface area contributed by atoms with Crippen molar-refractivity contribution in [3.8, 4) is 5.75 Å². The van der Waals surface area contributed by atoms with E-state index in [1.165, 1.54) is 5.56 Å². The number of hydrogen-bond donors (Lipinski definition) is 2. The normalized spacial score (nSPS) is 11.0. The van der Waals surface area contributed by atoms with Crippen molar-refractivity contribution in [3.63, 3.8) is 0 Å². The van der Waals surface area contributed by atoms with E-state index in [0.717, 1.165) is 17.9 Å². The van der Waals surface area contributed by atoms with Gasteiger partial charge in [0.2, 0.25) is 0 Å². The quantitative estimate of drug-likeness (QED) is 0.417. The summed E-state index contributed by atoms with van der Waals surface area (Å²) in [5.74, 6) is 1.27. The lowest BCUT2D eigenvalue weighted by Gasteiger charge is -2.11. The molecule has 4 nitrogen and oxygen atoms in total. The molecule has 0 aliphatic rings. The van der Waals surface area contributed by atoms with E-state index in [0.29, 0.717) is 12.5 Å². The predicted octanol–water partition coefficient (Wildman–Crippen LogP) is 4.06. The van der Waals surface area contributed by atoms with Crippen LogP contribution in [0.2, 0.25) is 0 Å². The van der Waals surface area contributed by atoms with Gasteiger partial charge in [-0.3, -0.25) is 4.99 Å². The minimum Gasteiger partial charge on any atom is -0.491 e. The Morgan fingerprint density at radius 1 is 1.09 bits per heavy atom. The van der Waals surface area contributed by atoms with Crippen molar-refractivity contribution in [3.05, 3.63) is 60.2 Å². The predicted molar refractivity (Wildman–Crippen MR) is 108 cm³/mol. The van der Waals surface area contributed by atoms with Crippen LogP contribution in [0.15, 0.2) is 59.6 Å². The molecular weight excluding hydrogens is 401 g/mol. The molecule has 0 aliphatic carbocycles. The number of aliphatic imine (C=N–C) groups is 1. The van der Waals surface area contributed by atoms with Crippen LogP contribution in [0.3, 0.4) is 0 Å². The highest BCUT2D eigenvalue weighted by Gasteiger charge is 1.99. The van der Waals surface area contributed by atoms with E-state index in [-0.39, 0.29) is 30.1 Å². The Labute approximate surface area is 155 Å². The molecule has 2 aromatic carbocycles. The summed E-state index contributed by atoms with van der Waals surface area (Å²) in [6.07, 6.45) is 1.05. The maximum atomic E-state index is 5.90. The van der Waals surface area contributed by atoms with Crippen LogP contribution in [0.25, 0.3) is 0 Å². The molecule has 23 heavy (non-hydrogen) atoms. The fourth-order valence-electron chi connectivity index (χ4n) is 2.03. The molecule has 0 saturated heterocycles. The van der Waals surface area contributed by atoms with Gasteiger partial charge in [-0.05, 0) is 50.1 Å². The Balaban J connectivity index is 0.00000264. The third-order valence-electron chi connectivity index (χ3n) is 3.02. The molecule has 0 unspecified atom stereocenters. The summed E-state index contributed by atoms with van der Waals surface area (Å²) in [6, 6.07) is 17.9. The number of nitrogens with two attached hydrogens (primary N) is 1. The molecule has 0 fully saturated rings. The number of nitrogens with zero attached hydrogens (tertiary/aromatic N) is 1. The topological polar surface area (TPSA) is 59.6 Å². The van der Waals surface area contributed by atoms with Crippen LogP contribution in [0, 0.1) is 0 Å². The van der Waals surface area contributed by atoms with Gasteiger partial charge < -0.3 is 15.8 Å². The van der Waals surface area contributed by atoms with Crippen LogP contribution >= 0.6 is 24.0 Å². The first-order chi connectivity index (χ1) is 10.6. The minimum absolute atomic E-state index is 0. The fraction of sp³-hybridized carbons (Fsp3) is 0.278. The third kappa shape index (κ3) is 7.36. The highest BCUT2D eigenvalue weighted by molar-refractivity contribution is 14.0. The first kappa shape index (κ1) is 19.3. The highest BCUT2D eigenvalue weighted by Crippen LogP contribution is 2.16. The zero-order valence-corrected chi connectivity index (χ0v) is 15.9. The van der Waals surface area contributed by atoms with Crippen LogP contribution in [-0.4, -0.2) is 18.6 Å². The van der Waals surface area contributed by atoms with Gasteiger partial charge in [-0.15, -0.1) is 24.0 Å².